The van der Waals surface area contributed by atoms with E-state index < -0.39 is 29.2 Å². The van der Waals surface area contributed by atoms with Gasteiger partial charge in [-0.25, -0.2) is 9.78 Å². The quantitative estimate of drug-likeness (QED) is 0.142. The number of carbonyl (C=O) groups is 3. The number of nitrogens with zero attached hydrogens (tertiary/aromatic N) is 3. The molecule has 0 spiro atoms. The van der Waals surface area contributed by atoms with Crippen LogP contribution in [0.25, 0.3) is 10.1 Å². The number of oxime groups is 1. The SMILES string of the molecule is CO/N=C(\C(=O)N[C@@H]1C(=O)N2C(C(=O)O)=C(CSc3cc(=O)c4cc5c(cc4s3)OCO5)CS[C@@H]12)c1csc(N)n1. The van der Waals surface area contributed by atoms with Gasteiger partial charge in [-0.15, -0.1) is 46.2 Å². The first-order chi connectivity index (χ1) is 19.7. The zero-order valence-electron chi connectivity index (χ0n) is 20.9. The van der Waals surface area contributed by atoms with Crippen LogP contribution in [0, 0.1) is 0 Å². The number of ether oxygens (including phenoxy) is 2. The molecule has 5 heterocycles. The number of rotatable bonds is 8. The smallest absolute Gasteiger partial charge is 0.352 e. The second kappa shape index (κ2) is 10.9. The van der Waals surface area contributed by atoms with E-state index in [1.54, 1.807) is 12.1 Å². The number of carboxylic acids is 1. The number of aromatic nitrogens is 1. The van der Waals surface area contributed by atoms with Gasteiger partial charge in [-0.2, -0.15) is 0 Å². The number of anilines is 1. The van der Waals surface area contributed by atoms with Crippen molar-refractivity contribution in [3.63, 3.8) is 0 Å². The molecule has 1 saturated heterocycles. The first kappa shape index (κ1) is 27.4. The summed E-state index contributed by atoms with van der Waals surface area (Å²) in [4.78, 5) is 61.1. The third-order valence-corrected chi connectivity index (χ3v) is 10.7. The van der Waals surface area contributed by atoms with Crippen LogP contribution in [0.4, 0.5) is 5.13 Å². The summed E-state index contributed by atoms with van der Waals surface area (Å²) in [5.41, 5.74) is 5.93. The lowest BCUT2D eigenvalue weighted by Crippen LogP contribution is -2.71. The van der Waals surface area contributed by atoms with Crippen molar-refractivity contribution < 1.29 is 33.8 Å². The molecule has 0 unspecified atom stereocenters. The van der Waals surface area contributed by atoms with E-state index >= 15 is 0 Å². The Labute approximate surface area is 247 Å². The summed E-state index contributed by atoms with van der Waals surface area (Å²) in [6.07, 6.45) is 0. The van der Waals surface area contributed by atoms with Crippen LogP contribution in [-0.2, 0) is 19.2 Å². The molecule has 0 aliphatic carbocycles. The fraction of sp³-hybridized carbons (Fsp3) is 0.250. The molecule has 1 aromatic carbocycles. The normalized spacial score (nSPS) is 19.7. The summed E-state index contributed by atoms with van der Waals surface area (Å²) < 4.78 is 12.2. The minimum atomic E-state index is -1.25. The van der Waals surface area contributed by atoms with Crippen molar-refractivity contribution in [2.24, 2.45) is 5.16 Å². The number of nitrogens with one attached hydrogen (secondary N) is 1. The highest BCUT2D eigenvalue weighted by Gasteiger charge is 2.54. The van der Waals surface area contributed by atoms with Crippen molar-refractivity contribution in [3.05, 3.63) is 50.8 Å². The van der Waals surface area contributed by atoms with Crippen LogP contribution in [0.5, 0.6) is 11.5 Å². The van der Waals surface area contributed by atoms with Crippen molar-refractivity contribution in [1.82, 2.24) is 15.2 Å². The maximum absolute atomic E-state index is 13.1. The number of hydrogen-bond donors (Lipinski definition) is 3. The van der Waals surface area contributed by atoms with Gasteiger partial charge in [-0.05, 0) is 11.6 Å². The van der Waals surface area contributed by atoms with E-state index in [1.165, 1.54) is 58.3 Å². The Hall–Kier alpha value is -3.80. The Kier molecular flexibility index (Phi) is 7.27. The molecule has 3 aromatic rings. The Morgan fingerprint density at radius 1 is 1.29 bits per heavy atom. The van der Waals surface area contributed by atoms with Crippen LogP contribution in [0.1, 0.15) is 5.69 Å². The lowest BCUT2D eigenvalue weighted by atomic mass is 10.0. The molecule has 4 N–H and O–H groups in total. The molecule has 2 aromatic heterocycles. The van der Waals surface area contributed by atoms with Crippen molar-refractivity contribution in [2.75, 3.05) is 31.1 Å². The van der Waals surface area contributed by atoms with Crippen molar-refractivity contribution >= 4 is 84.9 Å². The van der Waals surface area contributed by atoms with Crippen LogP contribution >= 0.6 is 46.2 Å². The highest BCUT2D eigenvalue weighted by atomic mass is 32.2. The topological polar surface area (TPSA) is 183 Å². The molecule has 2 atom stereocenters. The summed E-state index contributed by atoms with van der Waals surface area (Å²) in [7, 11) is 1.27. The summed E-state index contributed by atoms with van der Waals surface area (Å²) in [6, 6.07) is 3.97. The van der Waals surface area contributed by atoms with Crippen LogP contribution in [0.3, 0.4) is 0 Å². The summed E-state index contributed by atoms with van der Waals surface area (Å²) in [5.74, 6) is -0.847. The molecule has 0 saturated carbocycles. The highest BCUT2D eigenvalue weighted by Crippen LogP contribution is 2.43. The number of hydrogen-bond acceptors (Lipinski definition) is 14. The molecule has 3 aliphatic heterocycles. The van der Waals surface area contributed by atoms with E-state index in [-0.39, 0.29) is 40.2 Å². The number of thioether (sulfide) groups is 2. The van der Waals surface area contributed by atoms with Crippen LogP contribution in [-0.4, -0.2) is 75.3 Å². The van der Waals surface area contributed by atoms with Crippen LogP contribution < -0.4 is 26.0 Å². The van der Waals surface area contributed by atoms with Crippen molar-refractivity contribution in [3.8, 4) is 11.5 Å². The van der Waals surface area contributed by atoms with Gasteiger partial charge in [0, 0.05) is 39.1 Å². The first-order valence-corrected chi connectivity index (χ1v) is 15.5. The minimum Gasteiger partial charge on any atom is -0.477 e. The standard InChI is InChI=1S/C24H19N5O8S4/c1-35-28-17(11-7-40-24(25)26-11)20(31)27-18-21(32)29-19(23(33)34)9(6-39-22(18)29)5-38-16-3-12(30)10-2-13-14(37-8-36-13)4-15(10)41-16/h2-4,7,18,22H,5-6,8H2,1H3,(H2,25,26)(H,27,31)(H,33,34)/b28-17-/t18-,22+/m1/s1. The Morgan fingerprint density at radius 2 is 2.07 bits per heavy atom. The Balaban J connectivity index is 1.19. The zero-order valence-corrected chi connectivity index (χ0v) is 24.2. The second-order valence-electron chi connectivity index (χ2n) is 8.73. The number of β-lactam (4-membered cyclic amide) rings is 1. The maximum Gasteiger partial charge on any atom is 0.352 e. The summed E-state index contributed by atoms with van der Waals surface area (Å²) in [6.45, 7) is 0.0967. The van der Waals surface area contributed by atoms with Gasteiger partial charge in [0.2, 0.25) is 6.79 Å². The van der Waals surface area contributed by atoms with E-state index in [0.29, 0.717) is 32.4 Å². The van der Waals surface area contributed by atoms with Crippen molar-refractivity contribution in [2.45, 2.75) is 15.6 Å². The number of carbonyl (C=O) groups excluding carboxylic acids is 2. The predicted octanol–water partition coefficient (Wildman–Crippen LogP) is 1.91. The van der Waals surface area contributed by atoms with Gasteiger partial charge in [-0.1, -0.05) is 5.16 Å². The maximum atomic E-state index is 13.1. The fourth-order valence-electron chi connectivity index (χ4n) is 4.45. The largest absolute Gasteiger partial charge is 0.477 e. The Morgan fingerprint density at radius 3 is 2.78 bits per heavy atom. The predicted molar refractivity (Wildman–Crippen MR) is 155 cm³/mol. The number of nitrogen functional groups attached to an aromatic ring is 1. The number of amides is 2. The summed E-state index contributed by atoms with van der Waals surface area (Å²) >= 11 is 5.16. The lowest BCUT2D eigenvalue weighted by Gasteiger charge is -2.49. The number of aliphatic carboxylic acids is 1. The molecule has 0 radical (unpaired) electrons. The summed E-state index contributed by atoms with van der Waals surface area (Å²) in [5, 5.41) is 18.0. The molecule has 3 aliphatic rings. The van der Waals surface area contributed by atoms with E-state index in [4.69, 9.17) is 20.0 Å². The monoisotopic (exact) mass is 633 g/mol. The molecule has 0 bridgehead atoms. The van der Waals surface area contributed by atoms with Gasteiger partial charge in [0.15, 0.2) is 27.8 Å². The minimum absolute atomic E-state index is 0.0967. The van der Waals surface area contributed by atoms with Gasteiger partial charge < -0.3 is 30.5 Å². The van der Waals surface area contributed by atoms with Gasteiger partial charge in [-0.3, -0.25) is 19.3 Å². The molecular weight excluding hydrogens is 615 g/mol. The fourth-order valence-corrected chi connectivity index (χ4v) is 8.72. The molecule has 41 heavy (non-hydrogen) atoms. The second-order valence-corrected chi connectivity index (χ2v) is 13.1. The molecule has 212 valence electrons. The number of nitrogens with two attached hydrogens (primary N) is 1. The number of carboxylic acid groups (broad SMARTS) is 1. The highest BCUT2D eigenvalue weighted by molar-refractivity contribution is 8.02. The molecule has 6 rings (SSSR count). The molecule has 1 fully saturated rings. The van der Waals surface area contributed by atoms with Crippen LogP contribution in [0.2, 0.25) is 0 Å². The Bertz CT molecular complexity index is 1730. The average Bonchev–Trinajstić information content (AvgIpc) is 3.60. The molecule has 13 nitrogen and oxygen atoms in total. The van der Waals surface area contributed by atoms with Gasteiger partial charge in [0.25, 0.3) is 11.8 Å². The van der Waals surface area contributed by atoms with Gasteiger partial charge in [0.05, 0.1) is 4.21 Å². The lowest BCUT2D eigenvalue weighted by molar-refractivity contribution is -0.150. The zero-order chi connectivity index (χ0) is 28.8. The average molecular weight is 634 g/mol. The third-order valence-electron chi connectivity index (χ3n) is 6.29. The molecule has 17 heteroatoms. The molecule has 2 amide bonds. The number of thiazole rings is 1. The number of fused-ring (bicyclic) bond motifs is 3. The van der Waals surface area contributed by atoms with E-state index in [9.17, 15) is 24.3 Å². The van der Waals surface area contributed by atoms with Gasteiger partial charge in [0.1, 0.15) is 29.9 Å². The van der Waals surface area contributed by atoms with Crippen molar-refractivity contribution in [1.29, 1.82) is 0 Å². The number of benzene rings is 1. The van der Waals surface area contributed by atoms with Crippen LogP contribution in [0.15, 0.2) is 49.0 Å². The third kappa shape index (κ3) is 4.98. The van der Waals surface area contributed by atoms with E-state index in [2.05, 4.69) is 15.5 Å². The van der Waals surface area contributed by atoms with E-state index in [0.717, 1.165) is 16.0 Å². The van der Waals surface area contributed by atoms with Gasteiger partial charge >= 0.3 is 5.97 Å². The molecular formula is C24H19N5O8S4. The van der Waals surface area contributed by atoms with E-state index in [1.807, 2.05) is 0 Å². The first-order valence-electron chi connectivity index (χ1n) is 11.8.